The normalized spacial score (nSPS) is 12.4. The van der Waals surface area contributed by atoms with E-state index in [-0.39, 0.29) is 0 Å². The van der Waals surface area contributed by atoms with Gasteiger partial charge in [-0.25, -0.2) is 9.55 Å². The smallest absolute Gasteiger partial charge is 0.191 e. The van der Waals surface area contributed by atoms with Crippen LogP contribution in [-0.4, -0.2) is 18.7 Å². The van der Waals surface area contributed by atoms with Crippen LogP contribution in [0.5, 0.6) is 0 Å². The van der Waals surface area contributed by atoms with Crippen molar-refractivity contribution in [2.24, 2.45) is 6.98 Å². The Labute approximate surface area is 353 Å². The predicted octanol–water partition coefficient (Wildman–Crippen LogP) is 14.2. The number of aryl methyl sites for hydroxylation is 1. The van der Waals surface area contributed by atoms with Crippen molar-refractivity contribution in [2.75, 3.05) is 4.90 Å². The number of hydrogen-bond acceptors (Lipinski definition) is 2. The van der Waals surface area contributed by atoms with Gasteiger partial charge in [0.15, 0.2) is 17.4 Å². The molecule has 0 aliphatic rings. The number of pyridine rings is 1. The highest BCUT2D eigenvalue weighted by Crippen LogP contribution is 2.43. The minimum absolute atomic E-state index is 0.638. The molecule has 5 heteroatoms. The van der Waals surface area contributed by atoms with Crippen LogP contribution in [-0.2, 0) is 6.98 Å². The zero-order valence-corrected chi connectivity index (χ0v) is 32.6. The first-order chi connectivity index (χ1) is 30.9. The molecule has 60 heavy (non-hydrogen) atoms. The van der Waals surface area contributed by atoms with Crippen LogP contribution in [0.2, 0.25) is 0 Å². The second kappa shape index (κ2) is 14.7. The second-order valence-corrected chi connectivity index (χ2v) is 15.0. The largest absolute Gasteiger partial charge is 0.309 e. The van der Waals surface area contributed by atoms with Crippen LogP contribution in [0.15, 0.2) is 225 Å². The Balaban J connectivity index is 1.10. The number of rotatable bonds is 8. The molecular formula is C55H40N5+. The maximum Gasteiger partial charge on any atom is 0.191 e. The third-order valence-corrected chi connectivity index (χ3v) is 11.4. The summed E-state index contributed by atoms with van der Waals surface area (Å²) in [5.41, 5.74) is 14.1. The maximum absolute atomic E-state index is 8.27. The molecule has 0 amide bonds. The molecule has 3 heterocycles. The second-order valence-electron chi connectivity index (χ2n) is 15.0. The lowest BCUT2D eigenvalue weighted by Gasteiger charge is -2.25. The topological polar surface area (TPSA) is 30.9 Å². The molecule has 11 aromatic rings. The average molecular weight is 774 g/mol. The van der Waals surface area contributed by atoms with E-state index < -0.39 is 6.98 Å². The van der Waals surface area contributed by atoms with Crippen LogP contribution in [0.4, 0.5) is 17.1 Å². The van der Waals surface area contributed by atoms with Crippen LogP contribution in [0, 0.1) is 0 Å². The summed E-state index contributed by atoms with van der Waals surface area (Å²) in [5, 5.41) is 2.25. The van der Waals surface area contributed by atoms with E-state index in [2.05, 4.69) is 167 Å². The number of nitrogens with zero attached hydrogens (tertiary/aromatic N) is 5. The number of imidazole rings is 1. The predicted molar refractivity (Wildman–Crippen MR) is 250 cm³/mol. The van der Waals surface area contributed by atoms with Gasteiger partial charge in [0.1, 0.15) is 11.5 Å². The summed E-state index contributed by atoms with van der Waals surface area (Å²) in [4.78, 5) is 7.35. The Bertz CT molecular complexity index is 3390. The van der Waals surface area contributed by atoms with Crippen molar-refractivity contribution in [1.29, 1.82) is 0 Å². The Kier molecular flexibility index (Phi) is 7.85. The summed E-state index contributed by atoms with van der Waals surface area (Å²) in [6.07, 6.45) is 3.60. The molecule has 0 saturated carbocycles. The van der Waals surface area contributed by atoms with Crippen LogP contribution >= 0.6 is 0 Å². The molecule has 0 aliphatic carbocycles. The number of aromatic nitrogens is 4. The fraction of sp³-hybridized carbons (Fsp3) is 0.0182. The van der Waals surface area contributed by atoms with Crippen molar-refractivity contribution in [1.82, 2.24) is 18.7 Å². The highest BCUT2D eigenvalue weighted by molar-refractivity contribution is 6.10. The van der Waals surface area contributed by atoms with E-state index in [1.807, 2.05) is 65.4 Å². The van der Waals surface area contributed by atoms with E-state index in [0.717, 1.165) is 89.3 Å². The van der Waals surface area contributed by atoms with Gasteiger partial charge in [-0.2, -0.15) is 4.57 Å². The van der Waals surface area contributed by atoms with Crippen LogP contribution < -0.4 is 4.90 Å². The van der Waals surface area contributed by atoms with Gasteiger partial charge in [-0.3, -0.25) is 4.57 Å². The summed E-state index contributed by atoms with van der Waals surface area (Å²) in [5.74, 6) is 0.813. The third-order valence-electron chi connectivity index (χ3n) is 11.4. The van der Waals surface area contributed by atoms with Gasteiger partial charge >= 0.3 is 0 Å². The molecule has 0 atom stereocenters. The summed E-state index contributed by atoms with van der Waals surface area (Å²) >= 11 is 0. The Morgan fingerprint density at radius 1 is 0.467 bits per heavy atom. The number of para-hydroxylation sites is 4. The quantitative estimate of drug-likeness (QED) is 0.144. The third kappa shape index (κ3) is 6.03. The lowest BCUT2D eigenvalue weighted by molar-refractivity contribution is 0.911. The molecule has 11 rings (SSSR count). The molecule has 0 unspecified atom stereocenters. The van der Waals surface area contributed by atoms with Gasteiger partial charge in [0.2, 0.25) is 0 Å². The standard InChI is InChI=1S/C55H40N5/c1-57-38-58(52-30-14-13-29-51(52)57)43-23-15-24-44(36-43)59(42-21-9-4-10-22-42)45-31-32-49-48-25-11-12-28-50(48)60(53(49)37-45)54-35-41(33-34-56-54)55-46(39-17-5-2-6-18-39)26-16-27-47(55)40-19-7-3-8-20-40/h2-38H,1H3/q+1/i1D3. The lowest BCUT2D eigenvalue weighted by atomic mass is 9.88. The van der Waals surface area contributed by atoms with Crippen LogP contribution in [0.3, 0.4) is 0 Å². The number of benzene rings is 8. The zero-order chi connectivity index (χ0) is 42.5. The van der Waals surface area contributed by atoms with Crippen molar-refractivity contribution in [3.8, 4) is 44.9 Å². The van der Waals surface area contributed by atoms with Gasteiger partial charge < -0.3 is 4.90 Å². The molecule has 0 bridgehead atoms. The molecule has 0 fully saturated rings. The van der Waals surface area contributed by atoms with Gasteiger partial charge in [-0.1, -0.05) is 121 Å². The van der Waals surface area contributed by atoms with Gasteiger partial charge in [0.05, 0.1) is 16.7 Å². The summed E-state index contributed by atoms with van der Waals surface area (Å²) < 4.78 is 30.4. The Morgan fingerprint density at radius 3 is 1.80 bits per heavy atom. The average Bonchev–Trinajstić information content (AvgIpc) is 3.89. The van der Waals surface area contributed by atoms with Gasteiger partial charge in [-0.15, -0.1) is 0 Å². The summed E-state index contributed by atoms with van der Waals surface area (Å²) in [6.45, 7) is -2.34. The van der Waals surface area contributed by atoms with E-state index >= 15 is 0 Å². The molecule has 0 radical (unpaired) electrons. The first-order valence-corrected chi connectivity index (χ1v) is 20.1. The van der Waals surface area contributed by atoms with Crippen molar-refractivity contribution in [3.05, 3.63) is 225 Å². The highest BCUT2D eigenvalue weighted by Gasteiger charge is 2.22. The van der Waals surface area contributed by atoms with Crippen LogP contribution in [0.1, 0.15) is 4.11 Å². The van der Waals surface area contributed by atoms with E-state index in [9.17, 15) is 0 Å². The minimum atomic E-state index is -2.34. The van der Waals surface area contributed by atoms with Crippen molar-refractivity contribution in [2.45, 2.75) is 0 Å². The number of anilines is 3. The van der Waals surface area contributed by atoms with E-state index in [4.69, 9.17) is 9.10 Å². The fourth-order valence-corrected chi connectivity index (χ4v) is 8.74. The molecule has 8 aromatic carbocycles. The molecular weight excluding hydrogens is 731 g/mol. The monoisotopic (exact) mass is 773 g/mol. The van der Waals surface area contributed by atoms with Crippen molar-refractivity contribution < 1.29 is 4.11 Å². The molecule has 0 spiro atoms. The highest BCUT2D eigenvalue weighted by atomic mass is 15.2. The van der Waals surface area contributed by atoms with E-state index in [1.165, 1.54) is 4.57 Å². The lowest BCUT2D eigenvalue weighted by Crippen LogP contribution is -2.10. The molecule has 0 N–H and O–H groups in total. The van der Waals surface area contributed by atoms with Gasteiger partial charge in [0.25, 0.3) is 0 Å². The Hall–Kier alpha value is -8.02. The molecule has 3 aromatic heterocycles. The molecule has 0 aliphatic heterocycles. The molecule has 5 nitrogen and oxygen atoms in total. The van der Waals surface area contributed by atoms with Gasteiger partial charge in [0, 0.05) is 63.7 Å². The molecule has 0 saturated heterocycles. The minimum Gasteiger partial charge on any atom is -0.309 e. The number of fused-ring (bicyclic) bond motifs is 4. The first kappa shape index (κ1) is 32.0. The maximum atomic E-state index is 8.27. The summed E-state index contributed by atoms with van der Waals surface area (Å²) in [6, 6.07) is 73.5. The molecule has 284 valence electrons. The zero-order valence-electron chi connectivity index (χ0n) is 35.6. The van der Waals surface area contributed by atoms with Crippen molar-refractivity contribution in [3.63, 3.8) is 0 Å². The SMILES string of the molecule is [2H]C([2H])([2H])n1[cH+]n(-c2cccc(N(c3ccccc3)c3ccc4c5ccccc5n(-c5cc(-c6c(-c7ccccc7)cccc6-c6ccccc6)ccn5)c4c3)c2)c2ccccc21. The van der Waals surface area contributed by atoms with E-state index in [0.29, 0.717) is 5.52 Å². The van der Waals surface area contributed by atoms with Crippen LogP contribution in [0.25, 0.3) is 77.7 Å². The fourth-order valence-electron chi connectivity index (χ4n) is 8.74. The van der Waals surface area contributed by atoms with E-state index in [1.54, 1.807) is 6.33 Å². The summed E-state index contributed by atoms with van der Waals surface area (Å²) in [7, 11) is 0. The number of hydrogen-bond donors (Lipinski definition) is 0. The van der Waals surface area contributed by atoms with Crippen molar-refractivity contribution >= 4 is 49.9 Å². The first-order valence-electron chi connectivity index (χ1n) is 21.6. The Morgan fingerprint density at radius 2 is 1.07 bits per heavy atom. The van der Waals surface area contributed by atoms with Gasteiger partial charge in [-0.05, 0) is 100 Å².